The highest BCUT2D eigenvalue weighted by molar-refractivity contribution is 7.13. The van der Waals surface area contributed by atoms with Crippen LogP contribution in [0.4, 0.5) is 5.95 Å². The van der Waals surface area contributed by atoms with Crippen molar-refractivity contribution in [3.05, 3.63) is 89.1 Å². The van der Waals surface area contributed by atoms with Gasteiger partial charge in [-0.25, -0.2) is 9.97 Å². The van der Waals surface area contributed by atoms with E-state index in [1.165, 1.54) is 22.5 Å². The average Bonchev–Trinajstić information content (AvgIpc) is 3.50. The Kier molecular flexibility index (Phi) is 4.65. The fourth-order valence-electron chi connectivity index (χ4n) is 3.35. The standard InChI is InChI=1S/C23H18N4O2S/c1-15-7-2-3-8-16(15)13-27-19-10-5-4-9-17(19)25-23(27)26-21(28)18-14-30-22(24-18)20-11-6-12-29-20/h2-12,14H,13H2,1H3,(H,25,26,28). The Bertz CT molecular complexity index is 1330. The first-order valence-electron chi connectivity index (χ1n) is 9.49. The van der Waals surface area contributed by atoms with E-state index in [0.29, 0.717) is 29.0 Å². The second kappa shape index (κ2) is 7.61. The lowest BCUT2D eigenvalue weighted by Gasteiger charge is -2.11. The molecule has 5 aromatic rings. The van der Waals surface area contributed by atoms with Gasteiger partial charge in [-0.3, -0.25) is 10.1 Å². The summed E-state index contributed by atoms with van der Waals surface area (Å²) in [7, 11) is 0. The predicted molar refractivity (Wildman–Crippen MR) is 118 cm³/mol. The number of furan rings is 1. The van der Waals surface area contributed by atoms with Gasteiger partial charge < -0.3 is 8.98 Å². The monoisotopic (exact) mass is 414 g/mol. The molecule has 1 amide bonds. The van der Waals surface area contributed by atoms with E-state index in [-0.39, 0.29) is 5.91 Å². The molecule has 3 aromatic heterocycles. The third-order valence-corrected chi connectivity index (χ3v) is 5.80. The fourth-order valence-corrected chi connectivity index (χ4v) is 4.11. The van der Waals surface area contributed by atoms with Crippen molar-refractivity contribution >= 4 is 34.2 Å². The molecular formula is C23H18N4O2S. The molecule has 2 aromatic carbocycles. The first-order chi connectivity index (χ1) is 14.7. The molecule has 5 rings (SSSR count). The molecule has 0 saturated heterocycles. The Morgan fingerprint density at radius 3 is 2.73 bits per heavy atom. The van der Waals surface area contributed by atoms with Crippen molar-refractivity contribution in [3.63, 3.8) is 0 Å². The minimum Gasteiger partial charge on any atom is -0.462 e. The second-order valence-corrected chi connectivity index (χ2v) is 7.76. The molecule has 0 saturated carbocycles. The van der Waals surface area contributed by atoms with Crippen molar-refractivity contribution < 1.29 is 9.21 Å². The summed E-state index contributed by atoms with van der Waals surface area (Å²) in [4.78, 5) is 21.9. The third kappa shape index (κ3) is 3.40. The predicted octanol–water partition coefficient (Wildman–Crippen LogP) is 5.36. The number of carbonyl (C=O) groups is 1. The van der Waals surface area contributed by atoms with Gasteiger partial charge >= 0.3 is 0 Å². The number of amides is 1. The summed E-state index contributed by atoms with van der Waals surface area (Å²) >= 11 is 1.37. The minimum absolute atomic E-state index is 0.301. The van der Waals surface area contributed by atoms with Gasteiger partial charge in [0.1, 0.15) is 5.69 Å². The summed E-state index contributed by atoms with van der Waals surface area (Å²) in [6.07, 6.45) is 1.59. The molecule has 0 spiro atoms. The summed E-state index contributed by atoms with van der Waals surface area (Å²) in [5, 5.41) is 5.33. The Hall–Kier alpha value is -3.71. The molecule has 0 aliphatic carbocycles. The van der Waals surface area contributed by atoms with Crippen LogP contribution in [0.5, 0.6) is 0 Å². The lowest BCUT2D eigenvalue weighted by molar-refractivity contribution is 0.102. The lowest BCUT2D eigenvalue weighted by Crippen LogP contribution is -2.17. The molecule has 1 N–H and O–H groups in total. The number of nitrogens with one attached hydrogen (secondary N) is 1. The number of thiazole rings is 1. The van der Waals surface area contributed by atoms with Gasteiger partial charge in [-0.05, 0) is 42.3 Å². The van der Waals surface area contributed by atoms with Crippen molar-refractivity contribution in [2.45, 2.75) is 13.5 Å². The maximum atomic E-state index is 12.9. The van der Waals surface area contributed by atoms with Crippen LogP contribution in [0, 0.1) is 6.92 Å². The molecule has 148 valence electrons. The zero-order valence-corrected chi connectivity index (χ0v) is 17.0. The number of nitrogens with zero attached hydrogens (tertiary/aromatic N) is 3. The zero-order chi connectivity index (χ0) is 20.5. The van der Waals surface area contributed by atoms with E-state index in [1.807, 2.05) is 47.0 Å². The van der Waals surface area contributed by atoms with E-state index >= 15 is 0 Å². The summed E-state index contributed by atoms with van der Waals surface area (Å²) in [5.74, 6) is 0.841. The third-order valence-electron chi connectivity index (χ3n) is 4.94. The molecule has 6 nitrogen and oxygen atoms in total. The maximum absolute atomic E-state index is 12.9. The van der Waals surface area contributed by atoms with Crippen LogP contribution in [-0.2, 0) is 6.54 Å². The van der Waals surface area contributed by atoms with Gasteiger partial charge in [-0.15, -0.1) is 11.3 Å². The number of imidazole rings is 1. The van der Waals surface area contributed by atoms with Crippen LogP contribution in [0.3, 0.4) is 0 Å². The van der Waals surface area contributed by atoms with Crippen LogP contribution in [0.25, 0.3) is 21.8 Å². The second-order valence-electron chi connectivity index (χ2n) is 6.91. The summed E-state index contributed by atoms with van der Waals surface area (Å²) < 4.78 is 7.39. The number of anilines is 1. The summed E-state index contributed by atoms with van der Waals surface area (Å²) in [6.45, 7) is 2.69. The molecule has 0 atom stereocenters. The van der Waals surface area contributed by atoms with Gasteiger partial charge in [-0.1, -0.05) is 36.4 Å². The number of aryl methyl sites for hydroxylation is 1. The van der Waals surface area contributed by atoms with E-state index < -0.39 is 0 Å². The highest BCUT2D eigenvalue weighted by Gasteiger charge is 2.18. The van der Waals surface area contributed by atoms with E-state index in [1.54, 1.807) is 17.7 Å². The Morgan fingerprint density at radius 1 is 1.07 bits per heavy atom. The van der Waals surface area contributed by atoms with Crippen molar-refractivity contribution in [2.24, 2.45) is 0 Å². The van der Waals surface area contributed by atoms with Crippen LogP contribution < -0.4 is 5.32 Å². The van der Waals surface area contributed by atoms with Crippen molar-refractivity contribution in [2.75, 3.05) is 5.32 Å². The van der Waals surface area contributed by atoms with Gasteiger partial charge in [0.15, 0.2) is 10.8 Å². The van der Waals surface area contributed by atoms with Gasteiger partial charge in [0.05, 0.1) is 23.8 Å². The Labute approximate surface area is 176 Å². The van der Waals surface area contributed by atoms with Crippen LogP contribution in [0.1, 0.15) is 21.6 Å². The van der Waals surface area contributed by atoms with Gasteiger partial charge in [-0.2, -0.15) is 0 Å². The Morgan fingerprint density at radius 2 is 1.90 bits per heavy atom. The number of fused-ring (bicyclic) bond motifs is 1. The van der Waals surface area contributed by atoms with Crippen molar-refractivity contribution in [3.8, 4) is 10.8 Å². The molecular weight excluding hydrogens is 396 g/mol. The number of benzene rings is 2. The van der Waals surface area contributed by atoms with Crippen molar-refractivity contribution in [1.82, 2.24) is 14.5 Å². The van der Waals surface area contributed by atoms with Crippen LogP contribution in [-0.4, -0.2) is 20.4 Å². The average molecular weight is 414 g/mol. The van der Waals surface area contributed by atoms with E-state index in [2.05, 4.69) is 34.3 Å². The normalized spacial score (nSPS) is 11.1. The van der Waals surface area contributed by atoms with E-state index in [0.717, 1.165) is 11.0 Å². The SMILES string of the molecule is Cc1ccccc1Cn1c(NC(=O)c2csc(-c3ccco3)n2)nc2ccccc21. The number of hydrogen-bond donors (Lipinski definition) is 1. The van der Waals surface area contributed by atoms with Gasteiger partial charge in [0.25, 0.3) is 5.91 Å². The first kappa shape index (κ1) is 18.3. The number of aromatic nitrogens is 3. The molecule has 0 radical (unpaired) electrons. The van der Waals surface area contributed by atoms with Crippen LogP contribution in [0.2, 0.25) is 0 Å². The quantitative estimate of drug-likeness (QED) is 0.420. The van der Waals surface area contributed by atoms with Crippen LogP contribution in [0.15, 0.2) is 76.7 Å². The van der Waals surface area contributed by atoms with Crippen LogP contribution >= 0.6 is 11.3 Å². The molecule has 0 aliphatic heterocycles. The molecule has 0 bridgehead atoms. The number of hydrogen-bond acceptors (Lipinski definition) is 5. The van der Waals surface area contributed by atoms with Gasteiger partial charge in [0.2, 0.25) is 5.95 Å². The number of carbonyl (C=O) groups excluding carboxylic acids is 1. The zero-order valence-electron chi connectivity index (χ0n) is 16.2. The largest absolute Gasteiger partial charge is 0.462 e. The molecule has 0 aliphatic rings. The van der Waals surface area contributed by atoms with Crippen molar-refractivity contribution in [1.29, 1.82) is 0 Å². The molecule has 7 heteroatoms. The molecule has 0 unspecified atom stereocenters. The molecule has 30 heavy (non-hydrogen) atoms. The Balaban J connectivity index is 1.48. The highest BCUT2D eigenvalue weighted by Crippen LogP contribution is 2.26. The van der Waals surface area contributed by atoms with E-state index in [4.69, 9.17) is 4.42 Å². The van der Waals surface area contributed by atoms with E-state index in [9.17, 15) is 4.79 Å². The summed E-state index contributed by atoms with van der Waals surface area (Å²) in [6, 6.07) is 19.7. The smallest absolute Gasteiger partial charge is 0.277 e. The fraction of sp³-hybridized carbons (Fsp3) is 0.0870. The minimum atomic E-state index is -0.301. The number of rotatable bonds is 5. The highest BCUT2D eigenvalue weighted by atomic mass is 32.1. The first-order valence-corrected chi connectivity index (χ1v) is 10.4. The molecule has 0 fully saturated rings. The topological polar surface area (TPSA) is 73.0 Å². The summed E-state index contributed by atoms with van der Waals surface area (Å²) in [5.41, 5.74) is 4.49. The maximum Gasteiger partial charge on any atom is 0.277 e. The number of para-hydroxylation sites is 2. The lowest BCUT2D eigenvalue weighted by atomic mass is 10.1. The molecule has 3 heterocycles. The van der Waals surface area contributed by atoms with Gasteiger partial charge in [0, 0.05) is 5.38 Å².